The monoisotopic (exact) mass is 327 g/mol. The maximum atomic E-state index is 5.94. The van der Waals surface area contributed by atoms with Crippen LogP contribution in [-0.4, -0.2) is 14.8 Å². The number of benzene rings is 1. The van der Waals surface area contributed by atoms with Gasteiger partial charge in [0.05, 0.1) is 5.88 Å². The van der Waals surface area contributed by atoms with Gasteiger partial charge in [0, 0.05) is 15.6 Å². The van der Waals surface area contributed by atoms with Gasteiger partial charge in [-0.05, 0) is 26.8 Å². The first-order chi connectivity index (χ1) is 8.45. The maximum absolute atomic E-state index is 5.94. The van der Waals surface area contributed by atoms with Gasteiger partial charge in [-0.3, -0.25) is 0 Å². The summed E-state index contributed by atoms with van der Waals surface area (Å²) >= 11 is 9.49. The van der Waals surface area contributed by atoms with Crippen molar-refractivity contribution in [3.05, 3.63) is 34.6 Å². The standard InChI is InChI=1S/C13H15BrClN3/c1-13(2,3)18-11(8-15)16-17-12(18)9-6-4-5-7-10(9)14/h4-7H,8H2,1-3H3. The van der Waals surface area contributed by atoms with Gasteiger partial charge in [-0.1, -0.05) is 34.1 Å². The number of alkyl halides is 1. The minimum atomic E-state index is -0.113. The molecule has 1 aromatic heterocycles. The van der Waals surface area contributed by atoms with Crippen LogP contribution in [0.3, 0.4) is 0 Å². The van der Waals surface area contributed by atoms with Gasteiger partial charge in [-0.15, -0.1) is 21.8 Å². The van der Waals surface area contributed by atoms with Crippen molar-refractivity contribution in [2.24, 2.45) is 0 Å². The van der Waals surface area contributed by atoms with Gasteiger partial charge in [-0.2, -0.15) is 0 Å². The van der Waals surface area contributed by atoms with Gasteiger partial charge in [-0.25, -0.2) is 0 Å². The minimum absolute atomic E-state index is 0.113. The van der Waals surface area contributed by atoms with Crippen LogP contribution in [0, 0.1) is 0 Å². The predicted octanol–water partition coefficient (Wildman–Crippen LogP) is 4.20. The molecule has 0 N–H and O–H groups in total. The first-order valence-corrected chi connectivity index (χ1v) is 7.03. The van der Waals surface area contributed by atoms with Crippen LogP contribution in [0.25, 0.3) is 11.4 Å². The number of rotatable bonds is 2. The smallest absolute Gasteiger partial charge is 0.165 e. The third-order valence-corrected chi connectivity index (χ3v) is 3.57. The van der Waals surface area contributed by atoms with Crippen molar-refractivity contribution in [1.29, 1.82) is 0 Å². The molecule has 0 radical (unpaired) electrons. The van der Waals surface area contributed by atoms with Crippen LogP contribution < -0.4 is 0 Å². The molecular weight excluding hydrogens is 314 g/mol. The summed E-state index contributed by atoms with van der Waals surface area (Å²) in [5.74, 6) is 1.98. The molecule has 96 valence electrons. The van der Waals surface area contributed by atoms with Crippen LogP contribution in [0.2, 0.25) is 0 Å². The molecule has 0 aliphatic rings. The van der Waals surface area contributed by atoms with Gasteiger partial charge in [0.2, 0.25) is 0 Å². The number of aromatic nitrogens is 3. The summed E-state index contributed by atoms with van der Waals surface area (Å²) in [6.07, 6.45) is 0. The normalized spacial score (nSPS) is 11.8. The first kappa shape index (κ1) is 13.6. The fraction of sp³-hybridized carbons (Fsp3) is 0.385. The van der Waals surface area contributed by atoms with Crippen LogP contribution in [0.1, 0.15) is 26.6 Å². The van der Waals surface area contributed by atoms with Crippen molar-refractivity contribution < 1.29 is 0 Å². The predicted molar refractivity (Wildman–Crippen MR) is 77.7 cm³/mol. The van der Waals surface area contributed by atoms with E-state index in [0.717, 1.165) is 21.7 Å². The Morgan fingerprint density at radius 2 is 1.89 bits per heavy atom. The molecule has 0 aliphatic heterocycles. The van der Waals surface area contributed by atoms with Gasteiger partial charge in [0.25, 0.3) is 0 Å². The molecule has 0 fully saturated rings. The molecule has 2 aromatic rings. The Kier molecular flexibility index (Phi) is 3.78. The second-order valence-electron chi connectivity index (χ2n) is 5.06. The Bertz CT molecular complexity index is 558. The average molecular weight is 329 g/mol. The highest BCUT2D eigenvalue weighted by molar-refractivity contribution is 9.10. The van der Waals surface area contributed by atoms with Crippen LogP contribution >= 0.6 is 27.5 Å². The largest absolute Gasteiger partial charge is 0.305 e. The zero-order chi connectivity index (χ0) is 13.3. The lowest BCUT2D eigenvalue weighted by Gasteiger charge is -2.24. The number of halogens is 2. The number of nitrogens with zero attached hydrogens (tertiary/aromatic N) is 3. The van der Waals surface area contributed by atoms with Crippen molar-refractivity contribution in [2.75, 3.05) is 0 Å². The highest BCUT2D eigenvalue weighted by Crippen LogP contribution is 2.31. The minimum Gasteiger partial charge on any atom is -0.305 e. The van der Waals surface area contributed by atoms with E-state index in [1.54, 1.807) is 0 Å². The summed E-state index contributed by atoms with van der Waals surface area (Å²) in [5, 5.41) is 8.46. The molecule has 0 aliphatic carbocycles. The van der Waals surface area contributed by atoms with Crippen molar-refractivity contribution in [2.45, 2.75) is 32.2 Å². The molecule has 0 spiro atoms. The number of hydrogen-bond donors (Lipinski definition) is 0. The average Bonchev–Trinajstić information content (AvgIpc) is 2.73. The van der Waals surface area contributed by atoms with E-state index in [9.17, 15) is 0 Å². The zero-order valence-corrected chi connectivity index (χ0v) is 13.0. The van der Waals surface area contributed by atoms with E-state index in [-0.39, 0.29) is 5.54 Å². The van der Waals surface area contributed by atoms with Crippen LogP contribution in [0.15, 0.2) is 28.7 Å². The van der Waals surface area contributed by atoms with Crippen LogP contribution in [0.5, 0.6) is 0 Å². The number of hydrogen-bond acceptors (Lipinski definition) is 2. The molecule has 0 unspecified atom stereocenters. The van der Waals surface area contributed by atoms with E-state index in [1.165, 1.54) is 0 Å². The summed E-state index contributed by atoms with van der Waals surface area (Å²) in [6, 6.07) is 7.99. The SMILES string of the molecule is CC(C)(C)n1c(CCl)nnc1-c1ccccc1Br. The molecule has 0 bridgehead atoms. The van der Waals surface area contributed by atoms with Gasteiger partial charge >= 0.3 is 0 Å². The summed E-state index contributed by atoms with van der Waals surface area (Å²) in [5.41, 5.74) is 0.912. The molecule has 3 nitrogen and oxygen atoms in total. The summed E-state index contributed by atoms with van der Waals surface area (Å²) < 4.78 is 3.09. The third kappa shape index (κ3) is 2.45. The van der Waals surface area contributed by atoms with E-state index < -0.39 is 0 Å². The molecular formula is C13H15BrClN3. The summed E-state index contributed by atoms with van der Waals surface area (Å²) in [4.78, 5) is 0. The highest BCUT2D eigenvalue weighted by Gasteiger charge is 2.24. The Morgan fingerprint density at radius 3 is 2.44 bits per heavy atom. The Labute approximate surface area is 120 Å². The van der Waals surface area contributed by atoms with E-state index >= 15 is 0 Å². The topological polar surface area (TPSA) is 30.7 Å². The lowest BCUT2D eigenvalue weighted by atomic mass is 10.1. The van der Waals surface area contributed by atoms with E-state index in [4.69, 9.17) is 11.6 Å². The van der Waals surface area contributed by atoms with Crippen molar-refractivity contribution in [3.8, 4) is 11.4 Å². The summed E-state index contributed by atoms with van der Waals surface area (Å²) in [7, 11) is 0. The van der Waals surface area contributed by atoms with Crippen LogP contribution in [0.4, 0.5) is 0 Å². The van der Waals surface area contributed by atoms with Crippen molar-refractivity contribution in [3.63, 3.8) is 0 Å². The first-order valence-electron chi connectivity index (χ1n) is 5.71. The fourth-order valence-corrected chi connectivity index (χ4v) is 2.56. The highest BCUT2D eigenvalue weighted by atomic mass is 79.9. The molecule has 1 aromatic carbocycles. The van der Waals surface area contributed by atoms with E-state index in [0.29, 0.717) is 5.88 Å². The second-order valence-corrected chi connectivity index (χ2v) is 6.18. The second kappa shape index (κ2) is 5.02. The van der Waals surface area contributed by atoms with Crippen molar-refractivity contribution >= 4 is 27.5 Å². The van der Waals surface area contributed by atoms with Gasteiger partial charge in [0.1, 0.15) is 5.82 Å². The molecule has 18 heavy (non-hydrogen) atoms. The van der Waals surface area contributed by atoms with Crippen LogP contribution in [-0.2, 0) is 11.4 Å². The van der Waals surface area contributed by atoms with E-state index in [2.05, 4.69) is 51.5 Å². The lowest BCUT2D eigenvalue weighted by molar-refractivity contribution is 0.390. The third-order valence-electron chi connectivity index (χ3n) is 2.64. The molecule has 0 saturated carbocycles. The Balaban J connectivity index is 2.66. The lowest BCUT2D eigenvalue weighted by Crippen LogP contribution is -2.24. The molecule has 2 rings (SSSR count). The molecule has 5 heteroatoms. The molecule has 0 saturated heterocycles. The molecule has 1 heterocycles. The quantitative estimate of drug-likeness (QED) is 0.773. The molecule has 0 atom stereocenters. The van der Waals surface area contributed by atoms with Gasteiger partial charge < -0.3 is 4.57 Å². The zero-order valence-electron chi connectivity index (χ0n) is 10.6. The van der Waals surface area contributed by atoms with E-state index in [1.807, 2.05) is 24.3 Å². The summed E-state index contributed by atoms with van der Waals surface area (Å²) in [6.45, 7) is 6.35. The maximum Gasteiger partial charge on any atom is 0.165 e. The molecule has 0 amide bonds. The van der Waals surface area contributed by atoms with Crippen molar-refractivity contribution in [1.82, 2.24) is 14.8 Å². The Morgan fingerprint density at radius 1 is 1.22 bits per heavy atom. The Hall–Kier alpha value is -0.870. The van der Waals surface area contributed by atoms with Gasteiger partial charge in [0.15, 0.2) is 5.82 Å². The fourth-order valence-electron chi connectivity index (χ4n) is 1.92.